The van der Waals surface area contributed by atoms with Crippen molar-refractivity contribution in [3.05, 3.63) is 14.7 Å². The van der Waals surface area contributed by atoms with Crippen LogP contribution in [0.1, 0.15) is 18.7 Å². The second-order valence-corrected chi connectivity index (χ2v) is 8.94. The van der Waals surface area contributed by atoms with Crippen molar-refractivity contribution in [3.63, 3.8) is 0 Å². The molecule has 0 amide bonds. The van der Waals surface area contributed by atoms with E-state index in [9.17, 15) is 8.42 Å². The summed E-state index contributed by atoms with van der Waals surface area (Å²) in [6.07, 6.45) is 0. The van der Waals surface area contributed by atoms with Gasteiger partial charge in [-0.15, -0.1) is 11.3 Å². The molecule has 1 aromatic rings. The molecule has 1 N–H and O–H groups in total. The largest absolute Gasteiger partial charge is 0.242 e. The Morgan fingerprint density at radius 1 is 1.50 bits per heavy atom. The number of hydrogen-bond donors (Lipinski definition) is 1. The van der Waals surface area contributed by atoms with Crippen molar-refractivity contribution in [2.24, 2.45) is 0 Å². The van der Waals surface area contributed by atoms with Crippen molar-refractivity contribution in [3.8, 4) is 0 Å². The summed E-state index contributed by atoms with van der Waals surface area (Å²) in [7, 11) is -3.44. The Morgan fingerprint density at radius 3 is 2.44 bits per heavy atom. The molecule has 0 atom stereocenters. The van der Waals surface area contributed by atoms with Crippen LogP contribution in [0.4, 0.5) is 0 Å². The summed E-state index contributed by atoms with van der Waals surface area (Å²) in [4.78, 5) is 1.13. The van der Waals surface area contributed by atoms with Gasteiger partial charge < -0.3 is 0 Å². The van der Waals surface area contributed by atoms with Crippen LogP contribution in [0.3, 0.4) is 0 Å². The molecule has 0 aromatic carbocycles. The van der Waals surface area contributed by atoms with Crippen LogP contribution < -0.4 is 4.72 Å². The van der Waals surface area contributed by atoms with Crippen LogP contribution in [-0.2, 0) is 10.0 Å². The Labute approximate surface area is 117 Å². The quantitative estimate of drug-likeness (QED) is 0.802. The molecule has 1 rings (SSSR count). The second-order valence-electron chi connectivity index (χ2n) is 4.09. The Morgan fingerprint density at radius 2 is 2.06 bits per heavy atom. The van der Waals surface area contributed by atoms with E-state index in [-0.39, 0.29) is 0 Å². The topological polar surface area (TPSA) is 46.2 Å². The SMILES string of the molecule is Cc1sc(Br)cc1S(=O)(=O)NC(C)(C)CBr. The van der Waals surface area contributed by atoms with Crippen LogP contribution in [0.25, 0.3) is 0 Å². The molecule has 92 valence electrons. The monoisotopic (exact) mass is 389 g/mol. The normalized spacial score (nSPS) is 13.1. The molecule has 0 radical (unpaired) electrons. The molecule has 0 bridgehead atoms. The summed E-state index contributed by atoms with van der Waals surface area (Å²) < 4.78 is 27.7. The van der Waals surface area contributed by atoms with Crippen LogP contribution in [0.2, 0.25) is 0 Å². The smallest absolute Gasteiger partial charge is 0.207 e. The van der Waals surface area contributed by atoms with E-state index in [0.717, 1.165) is 8.66 Å². The molecule has 1 heterocycles. The zero-order valence-electron chi connectivity index (χ0n) is 9.17. The molecular formula is C9H13Br2NO2S2. The van der Waals surface area contributed by atoms with Gasteiger partial charge in [0, 0.05) is 15.7 Å². The standard InChI is InChI=1S/C9H13Br2NO2S2/c1-6-7(4-8(11)15-6)16(13,14)12-9(2,3)5-10/h4,12H,5H2,1-3H3. The van der Waals surface area contributed by atoms with Gasteiger partial charge in [0.2, 0.25) is 10.0 Å². The Balaban J connectivity index is 3.09. The maximum atomic E-state index is 12.1. The number of halogens is 2. The molecule has 0 saturated carbocycles. The van der Waals surface area contributed by atoms with Gasteiger partial charge in [0.15, 0.2) is 0 Å². The van der Waals surface area contributed by atoms with Gasteiger partial charge in [-0.1, -0.05) is 15.9 Å². The van der Waals surface area contributed by atoms with Gasteiger partial charge in [-0.2, -0.15) is 0 Å². The number of thiophene rings is 1. The second kappa shape index (κ2) is 5.06. The van der Waals surface area contributed by atoms with Crippen molar-refractivity contribution < 1.29 is 8.42 Å². The van der Waals surface area contributed by atoms with Crippen molar-refractivity contribution in [2.75, 3.05) is 5.33 Å². The number of hydrogen-bond acceptors (Lipinski definition) is 3. The van der Waals surface area contributed by atoms with Gasteiger partial charge in [0.05, 0.1) is 8.68 Å². The van der Waals surface area contributed by atoms with E-state index in [1.807, 2.05) is 13.8 Å². The van der Waals surface area contributed by atoms with E-state index in [4.69, 9.17) is 0 Å². The van der Waals surface area contributed by atoms with Gasteiger partial charge >= 0.3 is 0 Å². The molecular weight excluding hydrogens is 378 g/mol. The highest BCUT2D eigenvalue weighted by atomic mass is 79.9. The van der Waals surface area contributed by atoms with Crippen molar-refractivity contribution in [1.29, 1.82) is 0 Å². The first-order chi connectivity index (χ1) is 7.18. The molecule has 0 aliphatic rings. The number of alkyl halides is 1. The maximum absolute atomic E-state index is 12.1. The molecule has 0 unspecified atom stereocenters. The number of sulfonamides is 1. The molecule has 3 nitrogen and oxygen atoms in total. The maximum Gasteiger partial charge on any atom is 0.242 e. The lowest BCUT2D eigenvalue weighted by molar-refractivity contribution is 0.500. The average molecular weight is 391 g/mol. The van der Waals surface area contributed by atoms with Gasteiger partial charge in [-0.05, 0) is 42.8 Å². The van der Waals surface area contributed by atoms with E-state index < -0.39 is 15.6 Å². The molecule has 0 fully saturated rings. The lowest BCUT2D eigenvalue weighted by Gasteiger charge is -2.23. The minimum absolute atomic E-state index is 0.346. The fraction of sp³-hybridized carbons (Fsp3) is 0.556. The summed E-state index contributed by atoms with van der Waals surface area (Å²) >= 11 is 7.99. The molecule has 7 heteroatoms. The zero-order valence-corrected chi connectivity index (χ0v) is 14.0. The molecule has 1 aromatic heterocycles. The molecule has 0 aliphatic heterocycles. The van der Waals surface area contributed by atoms with Crippen LogP contribution in [0.5, 0.6) is 0 Å². The van der Waals surface area contributed by atoms with Crippen molar-refractivity contribution in [2.45, 2.75) is 31.2 Å². The highest BCUT2D eigenvalue weighted by Gasteiger charge is 2.27. The first kappa shape index (κ1) is 14.6. The summed E-state index contributed by atoms with van der Waals surface area (Å²) in [5.41, 5.74) is -0.500. The average Bonchev–Trinajstić information content (AvgIpc) is 2.44. The number of nitrogens with one attached hydrogen (secondary N) is 1. The third-order valence-electron chi connectivity index (χ3n) is 1.88. The lowest BCUT2D eigenvalue weighted by atomic mass is 10.1. The molecule has 0 saturated heterocycles. The highest BCUT2D eigenvalue weighted by Crippen LogP contribution is 2.30. The van der Waals surface area contributed by atoms with Gasteiger partial charge in [-0.25, -0.2) is 13.1 Å². The molecule has 16 heavy (non-hydrogen) atoms. The van der Waals surface area contributed by atoms with Crippen LogP contribution in [-0.4, -0.2) is 19.3 Å². The predicted octanol–water partition coefficient (Wildman–Crippen LogP) is 3.27. The minimum atomic E-state index is -3.44. The Bertz CT molecular complexity index is 480. The van der Waals surface area contributed by atoms with Crippen LogP contribution >= 0.6 is 43.2 Å². The van der Waals surface area contributed by atoms with Crippen LogP contribution in [0, 0.1) is 6.92 Å². The lowest BCUT2D eigenvalue weighted by Crippen LogP contribution is -2.44. The fourth-order valence-electron chi connectivity index (χ4n) is 1.14. The van der Waals surface area contributed by atoms with Crippen molar-refractivity contribution in [1.82, 2.24) is 4.72 Å². The van der Waals surface area contributed by atoms with Crippen molar-refractivity contribution >= 4 is 53.2 Å². The van der Waals surface area contributed by atoms with Gasteiger partial charge in [-0.3, -0.25) is 0 Å². The van der Waals surface area contributed by atoms with Gasteiger partial charge in [0.25, 0.3) is 0 Å². The van der Waals surface area contributed by atoms with E-state index in [1.54, 1.807) is 13.0 Å². The molecule has 0 aliphatic carbocycles. The first-order valence-electron chi connectivity index (χ1n) is 4.54. The summed E-state index contributed by atoms with van der Waals surface area (Å²) in [6.45, 7) is 5.46. The summed E-state index contributed by atoms with van der Waals surface area (Å²) in [6, 6.07) is 1.63. The molecule has 0 spiro atoms. The third kappa shape index (κ3) is 3.53. The Kier molecular flexibility index (Phi) is 4.62. The van der Waals surface area contributed by atoms with Crippen LogP contribution in [0.15, 0.2) is 14.7 Å². The Hall–Kier alpha value is 0.570. The highest BCUT2D eigenvalue weighted by molar-refractivity contribution is 9.11. The van der Waals surface area contributed by atoms with E-state index in [2.05, 4.69) is 36.6 Å². The predicted molar refractivity (Wildman–Crippen MR) is 75.0 cm³/mol. The van der Waals surface area contributed by atoms with E-state index in [0.29, 0.717) is 10.2 Å². The first-order valence-corrected chi connectivity index (χ1v) is 8.75. The third-order valence-corrected chi connectivity index (χ3v) is 6.79. The van der Waals surface area contributed by atoms with E-state index in [1.165, 1.54) is 11.3 Å². The summed E-state index contributed by atoms with van der Waals surface area (Å²) in [5.74, 6) is 0. The number of aryl methyl sites for hydroxylation is 1. The summed E-state index contributed by atoms with van der Waals surface area (Å²) in [5, 5.41) is 0.559. The minimum Gasteiger partial charge on any atom is -0.207 e. The number of rotatable bonds is 4. The van der Waals surface area contributed by atoms with Gasteiger partial charge in [0.1, 0.15) is 0 Å². The van der Waals surface area contributed by atoms with E-state index >= 15 is 0 Å². The fourth-order valence-corrected chi connectivity index (χ4v) is 5.30. The zero-order chi connectivity index (χ0) is 12.6.